The van der Waals surface area contributed by atoms with Crippen LogP contribution in [0.1, 0.15) is 157 Å². The van der Waals surface area contributed by atoms with E-state index in [1.54, 1.807) is 0 Å². The first-order valence-corrected chi connectivity index (χ1v) is 29.9. The second kappa shape index (κ2) is 18.1. The van der Waals surface area contributed by atoms with Gasteiger partial charge in [-0.25, -0.2) is 0 Å². The summed E-state index contributed by atoms with van der Waals surface area (Å²) in [5, 5.41) is 2.25. The lowest BCUT2D eigenvalue weighted by atomic mass is 9.43. The highest BCUT2D eigenvalue weighted by Crippen LogP contribution is 2.57. The maximum absolute atomic E-state index is 7.30. The van der Waals surface area contributed by atoms with E-state index in [4.69, 9.17) is 4.42 Å². The van der Waals surface area contributed by atoms with Gasteiger partial charge in [-0.05, 0) is 179 Å². The molecule has 0 saturated carbocycles. The Hall–Kier alpha value is -7.76. The van der Waals surface area contributed by atoms with Crippen molar-refractivity contribution < 1.29 is 4.42 Å². The monoisotopic (exact) mass is 1070 g/mol. The molecule has 0 atom stereocenters. The van der Waals surface area contributed by atoms with Gasteiger partial charge in [-0.15, -0.1) is 0 Å². The van der Waals surface area contributed by atoms with E-state index in [9.17, 15) is 0 Å². The van der Waals surface area contributed by atoms with Gasteiger partial charge in [0.2, 0.25) is 0 Å². The van der Waals surface area contributed by atoms with Crippen LogP contribution in [0.4, 0.5) is 45.5 Å². The van der Waals surface area contributed by atoms with Gasteiger partial charge in [0.25, 0.3) is 0 Å². The van der Waals surface area contributed by atoms with E-state index in [-0.39, 0.29) is 39.3 Å². The number of hydrogen-bond donors (Lipinski definition) is 0. The molecule has 0 radical (unpaired) electrons. The standard InChI is InChI=1S/C77H80BN3O/c1-72(2,3)47-22-31-52(32-23-47)79(53-33-24-48(25-34-53)73(4,5)6)56-39-40-57-59-44-61-66(46-63(59)77(16,17)62(57)43-56)81(55-37-28-50(29-38-55)75(10,11)12)78-64-42-51(76(13,14)15)30-41-65(64)80(54-35-26-49(27-36-54)74(7,8)9)67-45-60-58-20-18-19-21-68(58)82-71(60)69(61)70(67)78/h18-46H,1-17H3. The molecule has 10 aromatic rings. The molecule has 0 fully saturated rings. The smallest absolute Gasteiger partial charge is 0.333 e. The number of nitrogens with zero attached hydrogens (tertiary/aromatic N) is 3. The van der Waals surface area contributed by atoms with Crippen LogP contribution in [0.15, 0.2) is 180 Å². The highest BCUT2D eigenvalue weighted by Gasteiger charge is 2.49. The molecule has 0 amide bonds. The normalized spacial score (nSPS) is 14.7. The van der Waals surface area contributed by atoms with Crippen molar-refractivity contribution in [3.63, 3.8) is 0 Å². The molecule has 3 heterocycles. The summed E-state index contributed by atoms with van der Waals surface area (Å²) in [5.74, 6) is 0. The average Bonchev–Trinajstić information content (AvgIpc) is 1.32. The molecule has 0 spiro atoms. The van der Waals surface area contributed by atoms with E-state index in [2.05, 4.69) is 308 Å². The second-order valence-corrected chi connectivity index (χ2v) is 29.6. The Morgan fingerprint density at radius 1 is 0.402 bits per heavy atom. The van der Waals surface area contributed by atoms with Gasteiger partial charge in [0.1, 0.15) is 11.2 Å². The zero-order valence-corrected chi connectivity index (χ0v) is 51.6. The van der Waals surface area contributed by atoms with Crippen LogP contribution in [0.5, 0.6) is 0 Å². The van der Waals surface area contributed by atoms with Crippen molar-refractivity contribution in [2.24, 2.45) is 0 Å². The van der Waals surface area contributed by atoms with Crippen LogP contribution in [0, 0.1) is 0 Å². The minimum Gasteiger partial charge on any atom is -0.455 e. The quantitative estimate of drug-likeness (QED) is 0.160. The maximum Gasteiger partial charge on any atom is 0.333 e. The van der Waals surface area contributed by atoms with Gasteiger partial charge in [-0.2, -0.15) is 0 Å². The summed E-state index contributed by atoms with van der Waals surface area (Å²) >= 11 is 0. The molecule has 0 bridgehead atoms. The van der Waals surface area contributed by atoms with E-state index in [0.29, 0.717) is 0 Å². The Balaban J connectivity index is 1.09. The highest BCUT2D eigenvalue weighted by atomic mass is 16.3. The molecule has 13 rings (SSSR count). The zero-order valence-electron chi connectivity index (χ0n) is 51.6. The summed E-state index contributed by atoms with van der Waals surface area (Å²) < 4.78 is 7.30. The van der Waals surface area contributed by atoms with Gasteiger partial charge in [0.15, 0.2) is 0 Å². The molecule has 3 aliphatic rings. The van der Waals surface area contributed by atoms with Crippen LogP contribution in [-0.4, -0.2) is 6.85 Å². The number of rotatable bonds is 5. The van der Waals surface area contributed by atoms with Gasteiger partial charge < -0.3 is 19.0 Å². The summed E-state index contributed by atoms with van der Waals surface area (Å²) in [5.41, 5.74) is 27.4. The lowest BCUT2D eigenvalue weighted by molar-refractivity contribution is 0.590. The Morgan fingerprint density at radius 2 is 0.890 bits per heavy atom. The van der Waals surface area contributed by atoms with E-state index >= 15 is 0 Å². The van der Waals surface area contributed by atoms with Crippen LogP contribution in [0.2, 0.25) is 0 Å². The van der Waals surface area contributed by atoms with E-state index in [1.807, 2.05) is 0 Å². The Labute approximate surface area is 488 Å². The molecule has 2 aliphatic heterocycles. The summed E-state index contributed by atoms with van der Waals surface area (Å²) in [4.78, 5) is 7.71. The van der Waals surface area contributed by atoms with Gasteiger partial charge in [-0.3, -0.25) is 0 Å². The largest absolute Gasteiger partial charge is 0.455 e. The van der Waals surface area contributed by atoms with Crippen molar-refractivity contribution >= 4 is 85.2 Å². The predicted molar refractivity (Wildman–Crippen MR) is 353 cm³/mol. The van der Waals surface area contributed by atoms with Gasteiger partial charge in [0.05, 0.1) is 0 Å². The molecule has 0 saturated heterocycles. The average molecular weight is 1070 g/mol. The molecule has 82 heavy (non-hydrogen) atoms. The van der Waals surface area contributed by atoms with E-state index < -0.39 is 0 Å². The topological polar surface area (TPSA) is 22.9 Å². The molecule has 1 aliphatic carbocycles. The van der Waals surface area contributed by atoms with Crippen molar-refractivity contribution in [2.45, 2.75) is 150 Å². The molecule has 1 aromatic heterocycles. The fourth-order valence-electron chi connectivity index (χ4n) is 13.5. The number of benzene rings is 9. The zero-order chi connectivity index (χ0) is 58.0. The first kappa shape index (κ1) is 53.5. The molecule has 412 valence electrons. The number of furan rings is 1. The Morgan fingerprint density at radius 3 is 1.44 bits per heavy atom. The van der Waals surface area contributed by atoms with Crippen molar-refractivity contribution in [1.29, 1.82) is 0 Å². The molecular weight excluding hydrogens is 994 g/mol. The maximum atomic E-state index is 7.30. The number of anilines is 8. The van der Waals surface area contributed by atoms with Crippen molar-refractivity contribution in [1.82, 2.24) is 0 Å². The van der Waals surface area contributed by atoms with Crippen LogP contribution in [0.3, 0.4) is 0 Å². The van der Waals surface area contributed by atoms with Gasteiger partial charge in [-0.1, -0.05) is 203 Å². The van der Waals surface area contributed by atoms with Gasteiger partial charge in [0, 0.05) is 72.8 Å². The third-order valence-corrected chi connectivity index (χ3v) is 18.4. The van der Waals surface area contributed by atoms with Crippen LogP contribution in [-0.2, 0) is 32.5 Å². The SMILES string of the molecule is CC(C)(C)c1ccc(N2B3c4cc(C(C)(C)C)ccc4N(c4ccc(C(C)(C)C)cc4)c4cc5c(oc6ccccc65)c(c43)-c3cc4c(cc32)C(C)(C)c2cc(N(c3ccc(C(C)(C)C)cc3)c3ccc(C(C)(C)C)cc3)ccc2-4)cc1. The van der Waals surface area contributed by atoms with Crippen LogP contribution < -0.4 is 25.5 Å². The van der Waals surface area contributed by atoms with E-state index in [0.717, 1.165) is 50.4 Å². The van der Waals surface area contributed by atoms with Crippen LogP contribution in [0.25, 0.3) is 44.2 Å². The highest BCUT2D eigenvalue weighted by molar-refractivity contribution is 6.94. The lowest BCUT2D eigenvalue weighted by Gasteiger charge is -2.46. The minimum atomic E-state index is -0.355. The van der Waals surface area contributed by atoms with Crippen molar-refractivity contribution in [2.75, 3.05) is 14.6 Å². The fraction of sp³-hybridized carbons (Fsp3) is 0.299. The van der Waals surface area contributed by atoms with Crippen LogP contribution >= 0.6 is 0 Å². The fourth-order valence-corrected chi connectivity index (χ4v) is 13.5. The third kappa shape index (κ3) is 8.54. The molecule has 9 aromatic carbocycles. The molecule has 4 nitrogen and oxygen atoms in total. The predicted octanol–water partition coefficient (Wildman–Crippen LogP) is 20.6. The van der Waals surface area contributed by atoms with Crippen molar-refractivity contribution in [3.8, 4) is 22.3 Å². The third-order valence-electron chi connectivity index (χ3n) is 18.4. The first-order chi connectivity index (χ1) is 38.6. The summed E-state index contributed by atoms with van der Waals surface area (Å²) in [6.45, 7) is 39.3. The molecule has 0 N–H and O–H groups in total. The summed E-state index contributed by atoms with van der Waals surface area (Å²) in [7, 11) is 0. The second-order valence-electron chi connectivity index (χ2n) is 29.6. The molecule has 0 unspecified atom stereocenters. The van der Waals surface area contributed by atoms with Crippen molar-refractivity contribution in [3.05, 3.63) is 215 Å². The summed E-state index contributed by atoms with van der Waals surface area (Å²) in [6.07, 6.45) is 0. The first-order valence-electron chi connectivity index (χ1n) is 29.9. The number of hydrogen-bond acceptors (Lipinski definition) is 4. The minimum absolute atomic E-state index is 0.0100. The summed E-state index contributed by atoms with van der Waals surface area (Å²) in [6, 6.07) is 68.0. The Kier molecular flexibility index (Phi) is 11.8. The number of fused-ring (bicyclic) bond motifs is 11. The van der Waals surface area contributed by atoms with Gasteiger partial charge >= 0.3 is 6.85 Å². The Bertz CT molecular complexity index is 4120. The number of para-hydroxylation sites is 1. The molecule has 5 heteroatoms. The van der Waals surface area contributed by atoms with E-state index in [1.165, 1.54) is 89.2 Å². The lowest BCUT2D eigenvalue weighted by Crippen LogP contribution is -2.61. The molecular formula is C77H80BN3O.